The van der Waals surface area contributed by atoms with Crippen LogP contribution < -0.4 is 26.7 Å². The Hall–Kier alpha value is -3.50. The summed E-state index contributed by atoms with van der Waals surface area (Å²) in [7, 11) is 0. The van der Waals surface area contributed by atoms with E-state index in [0.29, 0.717) is 24.9 Å². The highest BCUT2D eigenvalue weighted by atomic mass is 16.3. The number of hydrogen-bond acceptors (Lipinski definition) is 8. The van der Waals surface area contributed by atoms with Crippen LogP contribution in [-0.4, -0.2) is 83.1 Å². The molecule has 0 saturated carbocycles. The van der Waals surface area contributed by atoms with Gasteiger partial charge in [-0.05, 0) is 45.2 Å². The Morgan fingerprint density at radius 2 is 1.59 bits per heavy atom. The number of likely N-dealkylation sites (N-methyl/N-ethyl adjacent to an activating group) is 2. The fraction of sp³-hybridized carbons (Fsp3) is 0.481. The van der Waals surface area contributed by atoms with Gasteiger partial charge in [0.15, 0.2) is 0 Å². The summed E-state index contributed by atoms with van der Waals surface area (Å²) in [5.41, 5.74) is 0.0933. The molecule has 0 aliphatic rings. The number of nitrogens with one attached hydrogen (secondary N) is 3. The monoisotopic (exact) mass is 510 g/mol. The average molecular weight is 511 g/mol. The van der Waals surface area contributed by atoms with Crippen molar-refractivity contribution in [1.82, 2.24) is 30.4 Å². The van der Waals surface area contributed by atoms with Gasteiger partial charge in [-0.25, -0.2) is 4.98 Å². The van der Waals surface area contributed by atoms with Gasteiger partial charge in [0.05, 0.1) is 16.3 Å². The molecule has 10 heteroatoms. The minimum Gasteiger partial charge on any atom is -0.507 e. The molecule has 0 atom stereocenters. The molecular formula is C27H38N6O4. The molecule has 0 unspecified atom stereocenters. The highest BCUT2D eigenvalue weighted by Gasteiger charge is 2.18. The van der Waals surface area contributed by atoms with Crippen LogP contribution in [0.5, 0.6) is 5.75 Å². The van der Waals surface area contributed by atoms with E-state index in [1.54, 1.807) is 6.20 Å². The highest BCUT2D eigenvalue weighted by molar-refractivity contribution is 6.06. The van der Waals surface area contributed by atoms with Crippen molar-refractivity contribution in [1.29, 1.82) is 0 Å². The Morgan fingerprint density at radius 3 is 2.22 bits per heavy atom. The predicted octanol–water partition coefficient (Wildman–Crippen LogP) is 0.910. The van der Waals surface area contributed by atoms with Crippen LogP contribution in [0.3, 0.4) is 0 Å². The van der Waals surface area contributed by atoms with Crippen molar-refractivity contribution in [3.05, 3.63) is 48.9 Å². The van der Waals surface area contributed by atoms with Gasteiger partial charge in [0.2, 0.25) is 10.9 Å². The van der Waals surface area contributed by atoms with Crippen LogP contribution in [-0.2, 0) is 0 Å². The van der Waals surface area contributed by atoms with Crippen molar-refractivity contribution in [2.24, 2.45) is 0 Å². The van der Waals surface area contributed by atoms with E-state index in [4.69, 9.17) is 0 Å². The second kappa shape index (κ2) is 12.6. The number of phenols is 1. The van der Waals surface area contributed by atoms with Gasteiger partial charge in [-0.2, -0.15) is 0 Å². The predicted molar refractivity (Wildman–Crippen MR) is 148 cm³/mol. The third-order valence-electron chi connectivity index (χ3n) is 6.85. The molecule has 0 aliphatic carbocycles. The van der Waals surface area contributed by atoms with Gasteiger partial charge in [-0.1, -0.05) is 27.7 Å². The average Bonchev–Trinajstić information content (AvgIpc) is 2.91. The molecule has 0 saturated heterocycles. The number of carbonyl (C=O) groups is 1. The molecule has 0 radical (unpaired) electrons. The van der Waals surface area contributed by atoms with E-state index in [1.165, 1.54) is 19.1 Å². The summed E-state index contributed by atoms with van der Waals surface area (Å²) in [6.07, 6.45) is 1.62. The highest BCUT2D eigenvalue weighted by Crippen LogP contribution is 2.17. The van der Waals surface area contributed by atoms with E-state index in [1.807, 2.05) is 0 Å². The fourth-order valence-electron chi connectivity index (χ4n) is 4.36. The van der Waals surface area contributed by atoms with E-state index in [9.17, 15) is 19.5 Å². The number of carbonyl (C=O) groups excluding carboxylic acids is 1. The maximum absolute atomic E-state index is 13.1. The van der Waals surface area contributed by atoms with Crippen molar-refractivity contribution in [3.8, 4) is 5.75 Å². The van der Waals surface area contributed by atoms with Crippen LogP contribution in [0.25, 0.3) is 28.3 Å². The number of hydrogen-bond donors (Lipinski definition) is 4. The number of fused-ring (bicyclic) bond motifs is 2. The summed E-state index contributed by atoms with van der Waals surface area (Å²) in [6, 6.07) is 2.74. The molecule has 200 valence electrons. The third-order valence-corrected chi connectivity index (χ3v) is 6.85. The number of aromatic hydroxyl groups is 1. The zero-order valence-corrected chi connectivity index (χ0v) is 22.4. The zero-order valence-electron chi connectivity index (χ0n) is 22.4. The quantitative estimate of drug-likeness (QED) is 0.209. The molecule has 3 aromatic rings. The van der Waals surface area contributed by atoms with Crippen LogP contribution in [0.2, 0.25) is 0 Å². The maximum atomic E-state index is 13.1. The van der Waals surface area contributed by atoms with Crippen molar-refractivity contribution < 1.29 is 9.90 Å². The van der Waals surface area contributed by atoms with Crippen molar-refractivity contribution >= 4 is 34.2 Å². The number of H-pyrrole nitrogens is 1. The molecule has 4 N–H and O–H groups in total. The van der Waals surface area contributed by atoms with E-state index < -0.39 is 5.43 Å². The molecule has 37 heavy (non-hydrogen) atoms. The van der Waals surface area contributed by atoms with Crippen molar-refractivity contribution in [3.63, 3.8) is 0 Å². The first-order chi connectivity index (χ1) is 17.8. The largest absolute Gasteiger partial charge is 0.507 e. The van der Waals surface area contributed by atoms with Gasteiger partial charge in [0.25, 0.3) is 5.91 Å². The Balaban J connectivity index is 2.07. The molecule has 1 aromatic heterocycles. The maximum Gasteiger partial charge on any atom is 0.253 e. The normalized spacial score (nSPS) is 12.2. The summed E-state index contributed by atoms with van der Waals surface area (Å²) < 4.78 is 0. The third kappa shape index (κ3) is 6.08. The molecule has 1 amide bonds. The Kier molecular flexibility index (Phi) is 9.60. The standard InChI is InChI=1S/C27H38N6O4/c1-6-32(7-2)14-12-28-16-19-22-24(26(36)17(5)25(19)35)31-21-18(10-11-20(34)23(21)30-22)27(37)29-13-15-33(8-3)9-4/h10-11,16,28,31,35H,6-9,12-15H2,1-5H3,(H,29,37). The lowest BCUT2D eigenvalue weighted by atomic mass is 10.1. The summed E-state index contributed by atoms with van der Waals surface area (Å²) in [4.78, 5) is 50.7. The van der Waals surface area contributed by atoms with E-state index >= 15 is 0 Å². The van der Waals surface area contributed by atoms with Crippen LogP contribution in [0, 0.1) is 6.92 Å². The lowest BCUT2D eigenvalue weighted by Gasteiger charge is -2.18. The second-order valence-corrected chi connectivity index (χ2v) is 8.92. The minimum atomic E-state index is -0.439. The summed E-state index contributed by atoms with van der Waals surface area (Å²) >= 11 is 0. The lowest BCUT2D eigenvalue weighted by Crippen LogP contribution is -2.35. The van der Waals surface area contributed by atoms with Crippen molar-refractivity contribution in [2.75, 3.05) is 52.4 Å². The van der Waals surface area contributed by atoms with Gasteiger partial charge in [0, 0.05) is 37.9 Å². The molecule has 0 fully saturated rings. The van der Waals surface area contributed by atoms with Gasteiger partial charge in [-0.15, -0.1) is 0 Å². The molecule has 3 rings (SSSR count). The first kappa shape index (κ1) is 28.1. The SMILES string of the molecule is CCN(CC)CCNC=c1c(O)c(C)c(=O)c2[nH]c3c(C(=O)NCCN(CC)CC)ccc(=O)c3nc12. The van der Waals surface area contributed by atoms with Crippen LogP contribution >= 0.6 is 0 Å². The van der Waals surface area contributed by atoms with E-state index in [2.05, 4.69) is 58.1 Å². The molecule has 0 aliphatic heterocycles. The summed E-state index contributed by atoms with van der Waals surface area (Å²) in [5, 5.41) is 17.2. The number of aromatic amines is 1. The fourth-order valence-corrected chi connectivity index (χ4v) is 4.36. The number of benzene rings is 2. The number of phenolic OH excluding ortho intramolecular Hbond substituents is 1. The van der Waals surface area contributed by atoms with Gasteiger partial charge in [0.1, 0.15) is 22.3 Å². The number of amides is 1. The van der Waals surface area contributed by atoms with Crippen LogP contribution in [0.4, 0.5) is 0 Å². The summed E-state index contributed by atoms with van der Waals surface area (Å²) in [6.45, 7) is 16.0. The Morgan fingerprint density at radius 1 is 0.973 bits per heavy atom. The second-order valence-electron chi connectivity index (χ2n) is 8.92. The molecule has 0 spiro atoms. The first-order valence-corrected chi connectivity index (χ1v) is 13.0. The van der Waals surface area contributed by atoms with Crippen LogP contribution in [0.15, 0.2) is 21.7 Å². The van der Waals surface area contributed by atoms with E-state index in [0.717, 1.165) is 32.7 Å². The lowest BCUT2D eigenvalue weighted by molar-refractivity contribution is 0.0950. The van der Waals surface area contributed by atoms with Gasteiger partial charge in [-0.3, -0.25) is 14.4 Å². The molecule has 0 bridgehead atoms. The smallest absolute Gasteiger partial charge is 0.253 e. The number of nitrogens with zero attached hydrogens (tertiary/aromatic N) is 3. The molecular weight excluding hydrogens is 472 g/mol. The summed E-state index contributed by atoms with van der Waals surface area (Å²) in [5.74, 6) is -0.548. The topological polar surface area (TPSA) is 131 Å². The van der Waals surface area contributed by atoms with Gasteiger partial charge < -0.3 is 30.5 Å². The number of rotatable bonds is 12. The minimum absolute atomic E-state index is 0.0318. The molecule has 2 aromatic carbocycles. The van der Waals surface area contributed by atoms with E-state index in [-0.39, 0.29) is 50.3 Å². The number of aromatic nitrogens is 2. The first-order valence-electron chi connectivity index (χ1n) is 13.0. The van der Waals surface area contributed by atoms with Crippen molar-refractivity contribution in [2.45, 2.75) is 34.6 Å². The molecule has 10 nitrogen and oxygen atoms in total. The molecule has 1 heterocycles. The zero-order chi connectivity index (χ0) is 27.1. The Labute approximate surface area is 216 Å². The van der Waals surface area contributed by atoms with Crippen LogP contribution in [0.1, 0.15) is 43.6 Å². The van der Waals surface area contributed by atoms with Gasteiger partial charge >= 0.3 is 0 Å². The Bertz CT molecular complexity index is 1430.